The molecule has 1 N–H and O–H groups in total. The Balaban J connectivity index is 2.41. The molecule has 1 nitrogen and oxygen atoms in total. The van der Waals surface area contributed by atoms with Gasteiger partial charge in [-0.05, 0) is 65.7 Å². The fourth-order valence-electron chi connectivity index (χ4n) is 2.71. The zero-order valence-electron chi connectivity index (χ0n) is 13.1. The smallest absolute Gasteiger partial charge is 0.0340 e. The molecule has 0 spiro atoms. The van der Waals surface area contributed by atoms with E-state index in [2.05, 4.69) is 57.4 Å². The van der Waals surface area contributed by atoms with Gasteiger partial charge in [0.1, 0.15) is 0 Å². The standard InChI is InChI=1S/C19H25N/c1-12(2)13(3)10-19-14(4)9-16-11-17(20-6)7-8-18(16)15(19)5/h7-8,11-12,20H,3-4,9-10H2,1-2,5-6H3. The average molecular weight is 267 g/mol. The van der Waals surface area contributed by atoms with Crippen molar-refractivity contribution in [2.45, 2.75) is 33.6 Å². The Morgan fingerprint density at radius 3 is 2.65 bits per heavy atom. The molecule has 0 amide bonds. The van der Waals surface area contributed by atoms with E-state index in [0.717, 1.165) is 12.8 Å². The fourth-order valence-corrected chi connectivity index (χ4v) is 2.71. The van der Waals surface area contributed by atoms with E-state index in [9.17, 15) is 0 Å². The Hall–Kier alpha value is -1.76. The Bertz CT molecular complexity index is 588. The average Bonchev–Trinajstić information content (AvgIpc) is 2.42. The summed E-state index contributed by atoms with van der Waals surface area (Å²) in [7, 11) is 1.96. The van der Waals surface area contributed by atoms with Gasteiger partial charge in [0.05, 0.1) is 0 Å². The number of hydrogen-bond donors (Lipinski definition) is 1. The third-order valence-electron chi connectivity index (χ3n) is 4.30. The Kier molecular flexibility index (Phi) is 4.17. The van der Waals surface area contributed by atoms with E-state index in [1.165, 1.54) is 39.1 Å². The van der Waals surface area contributed by atoms with Gasteiger partial charge in [-0.1, -0.05) is 38.6 Å². The molecule has 1 aromatic carbocycles. The Morgan fingerprint density at radius 2 is 2.05 bits per heavy atom. The van der Waals surface area contributed by atoms with Gasteiger partial charge in [0.15, 0.2) is 0 Å². The van der Waals surface area contributed by atoms with Gasteiger partial charge < -0.3 is 5.32 Å². The number of fused-ring (bicyclic) bond motifs is 1. The second-order valence-electron chi connectivity index (χ2n) is 6.00. The molecule has 0 bridgehead atoms. The minimum Gasteiger partial charge on any atom is -0.388 e. The van der Waals surface area contributed by atoms with Crippen molar-refractivity contribution in [1.29, 1.82) is 0 Å². The van der Waals surface area contributed by atoms with Crippen molar-refractivity contribution < 1.29 is 0 Å². The topological polar surface area (TPSA) is 12.0 Å². The maximum absolute atomic E-state index is 4.29. The van der Waals surface area contributed by atoms with Crippen LogP contribution in [0.5, 0.6) is 0 Å². The lowest BCUT2D eigenvalue weighted by Gasteiger charge is -2.25. The molecule has 1 aliphatic rings. The lowest BCUT2D eigenvalue weighted by Crippen LogP contribution is -2.08. The molecule has 0 radical (unpaired) electrons. The number of hydrogen-bond acceptors (Lipinski definition) is 1. The summed E-state index contributed by atoms with van der Waals surface area (Å²) in [6.07, 6.45) is 1.90. The van der Waals surface area contributed by atoms with Gasteiger partial charge in [-0.15, -0.1) is 0 Å². The van der Waals surface area contributed by atoms with Crippen LogP contribution in [0.1, 0.15) is 38.3 Å². The highest BCUT2D eigenvalue weighted by atomic mass is 14.8. The van der Waals surface area contributed by atoms with Gasteiger partial charge in [-0.2, -0.15) is 0 Å². The first kappa shape index (κ1) is 14.6. The van der Waals surface area contributed by atoms with Gasteiger partial charge >= 0.3 is 0 Å². The van der Waals surface area contributed by atoms with Crippen molar-refractivity contribution in [3.05, 3.63) is 59.2 Å². The fraction of sp³-hybridized carbons (Fsp3) is 0.368. The molecule has 0 fully saturated rings. The van der Waals surface area contributed by atoms with Crippen molar-refractivity contribution in [2.24, 2.45) is 5.92 Å². The monoisotopic (exact) mass is 267 g/mol. The molecule has 2 rings (SSSR count). The van der Waals surface area contributed by atoms with E-state index in [4.69, 9.17) is 0 Å². The summed E-state index contributed by atoms with van der Waals surface area (Å²) in [6.45, 7) is 15.1. The molecule has 20 heavy (non-hydrogen) atoms. The van der Waals surface area contributed by atoms with Crippen LogP contribution in [0, 0.1) is 5.92 Å². The van der Waals surface area contributed by atoms with Crippen molar-refractivity contribution >= 4 is 11.3 Å². The number of anilines is 1. The maximum Gasteiger partial charge on any atom is 0.0340 e. The third kappa shape index (κ3) is 2.72. The minimum absolute atomic E-state index is 0.524. The zero-order valence-corrected chi connectivity index (χ0v) is 13.1. The van der Waals surface area contributed by atoms with E-state index < -0.39 is 0 Å². The van der Waals surface area contributed by atoms with E-state index in [-0.39, 0.29) is 0 Å². The van der Waals surface area contributed by atoms with Crippen LogP contribution >= 0.6 is 0 Å². The molecule has 0 saturated heterocycles. The molecule has 1 heteroatoms. The maximum atomic E-state index is 4.29. The molecule has 1 aliphatic carbocycles. The summed E-state index contributed by atoms with van der Waals surface area (Å²) in [6, 6.07) is 6.60. The van der Waals surface area contributed by atoms with Gasteiger partial charge in [-0.3, -0.25) is 0 Å². The van der Waals surface area contributed by atoms with Gasteiger partial charge in [-0.25, -0.2) is 0 Å². The summed E-state index contributed by atoms with van der Waals surface area (Å²) < 4.78 is 0. The molecule has 1 aromatic rings. The van der Waals surface area contributed by atoms with Gasteiger partial charge in [0, 0.05) is 12.7 Å². The summed E-state index contributed by atoms with van der Waals surface area (Å²) in [5.74, 6) is 0.524. The first-order valence-electron chi connectivity index (χ1n) is 7.30. The predicted octanol–water partition coefficient (Wildman–Crippen LogP) is 5.22. The normalized spacial score (nSPS) is 14.6. The molecule has 0 heterocycles. The van der Waals surface area contributed by atoms with E-state index in [1.807, 2.05) is 7.05 Å². The van der Waals surface area contributed by atoms with Gasteiger partial charge in [0.2, 0.25) is 0 Å². The second-order valence-corrected chi connectivity index (χ2v) is 6.00. The zero-order chi connectivity index (χ0) is 14.9. The van der Waals surface area contributed by atoms with Crippen LogP contribution in [-0.2, 0) is 6.42 Å². The van der Waals surface area contributed by atoms with Gasteiger partial charge in [0.25, 0.3) is 0 Å². The quantitative estimate of drug-likeness (QED) is 0.738. The van der Waals surface area contributed by atoms with Crippen LogP contribution in [0.3, 0.4) is 0 Å². The lowest BCUT2D eigenvalue weighted by molar-refractivity contribution is 0.742. The Labute approximate surface area is 123 Å². The summed E-state index contributed by atoms with van der Waals surface area (Å²) in [5.41, 5.74) is 9.18. The number of rotatable bonds is 4. The Morgan fingerprint density at radius 1 is 1.35 bits per heavy atom. The molecule has 0 saturated carbocycles. The third-order valence-corrected chi connectivity index (χ3v) is 4.30. The largest absolute Gasteiger partial charge is 0.388 e. The molecular formula is C19H25N. The van der Waals surface area contributed by atoms with Crippen LogP contribution in [0.2, 0.25) is 0 Å². The van der Waals surface area contributed by atoms with Crippen LogP contribution < -0.4 is 5.32 Å². The highest BCUT2D eigenvalue weighted by molar-refractivity contribution is 5.78. The number of nitrogens with one attached hydrogen (secondary N) is 1. The first-order chi connectivity index (χ1) is 9.43. The van der Waals surface area contributed by atoms with Crippen LogP contribution in [-0.4, -0.2) is 7.05 Å². The van der Waals surface area contributed by atoms with Crippen molar-refractivity contribution in [3.63, 3.8) is 0 Å². The molecule has 0 unspecified atom stereocenters. The van der Waals surface area contributed by atoms with Crippen molar-refractivity contribution in [1.82, 2.24) is 0 Å². The van der Waals surface area contributed by atoms with Crippen LogP contribution in [0.4, 0.5) is 5.69 Å². The minimum atomic E-state index is 0.524. The lowest BCUT2D eigenvalue weighted by atomic mass is 9.80. The van der Waals surface area contributed by atoms with Crippen LogP contribution in [0.15, 0.2) is 48.1 Å². The van der Waals surface area contributed by atoms with Crippen molar-refractivity contribution in [3.8, 4) is 0 Å². The SMILES string of the molecule is C=C1Cc2cc(NC)ccc2C(C)=C1CC(=C)C(C)C. The number of benzene rings is 1. The van der Waals surface area contributed by atoms with E-state index >= 15 is 0 Å². The predicted molar refractivity (Wildman–Crippen MR) is 90.0 cm³/mol. The molecule has 0 aliphatic heterocycles. The highest BCUT2D eigenvalue weighted by Gasteiger charge is 2.20. The molecular weight excluding hydrogens is 242 g/mol. The number of allylic oxidation sites excluding steroid dienone is 4. The van der Waals surface area contributed by atoms with E-state index in [1.54, 1.807) is 0 Å². The molecule has 106 valence electrons. The first-order valence-corrected chi connectivity index (χ1v) is 7.30. The van der Waals surface area contributed by atoms with E-state index in [0.29, 0.717) is 5.92 Å². The molecule has 0 atom stereocenters. The summed E-state index contributed by atoms with van der Waals surface area (Å²) in [4.78, 5) is 0. The summed E-state index contributed by atoms with van der Waals surface area (Å²) >= 11 is 0. The summed E-state index contributed by atoms with van der Waals surface area (Å²) in [5, 5.41) is 3.21. The second kappa shape index (κ2) is 5.70. The van der Waals surface area contributed by atoms with Crippen molar-refractivity contribution in [2.75, 3.05) is 12.4 Å². The molecule has 0 aromatic heterocycles. The highest BCUT2D eigenvalue weighted by Crippen LogP contribution is 2.38. The van der Waals surface area contributed by atoms with Crippen LogP contribution in [0.25, 0.3) is 5.57 Å².